The standard InChI is InChI=1S/C17H18N2O3/c1-2-3-11-21-14-7-4-5-8-15(14)22-16-9-6-10-19-17(16)13(20)12-18/h4-10,13,20H,2-3,11H2,1H3. The summed E-state index contributed by atoms with van der Waals surface area (Å²) in [6, 6.07) is 12.4. The molecular formula is C17H18N2O3. The van der Waals surface area contributed by atoms with Crippen LogP contribution in [0.3, 0.4) is 0 Å². The number of benzene rings is 1. The van der Waals surface area contributed by atoms with Gasteiger partial charge < -0.3 is 14.6 Å². The van der Waals surface area contributed by atoms with Gasteiger partial charge in [-0.05, 0) is 30.7 Å². The van der Waals surface area contributed by atoms with Gasteiger partial charge in [-0.15, -0.1) is 0 Å². The minimum absolute atomic E-state index is 0.188. The highest BCUT2D eigenvalue weighted by atomic mass is 16.5. The average Bonchev–Trinajstić information content (AvgIpc) is 2.56. The predicted molar refractivity (Wildman–Crippen MR) is 81.7 cm³/mol. The van der Waals surface area contributed by atoms with E-state index in [1.807, 2.05) is 18.2 Å². The molecule has 2 rings (SSSR count). The van der Waals surface area contributed by atoms with Crippen molar-refractivity contribution in [2.24, 2.45) is 0 Å². The molecule has 0 bridgehead atoms. The number of aliphatic hydroxyl groups is 1. The van der Waals surface area contributed by atoms with Crippen molar-refractivity contribution in [2.45, 2.75) is 25.9 Å². The lowest BCUT2D eigenvalue weighted by Crippen LogP contribution is -2.02. The van der Waals surface area contributed by atoms with Crippen molar-refractivity contribution in [3.05, 3.63) is 48.3 Å². The maximum atomic E-state index is 9.70. The number of ether oxygens (including phenoxy) is 2. The Balaban J connectivity index is 2.23. The highest BCUT2D eigenvalue weighted by Gasteiger charge is 2.16. The number of aromatic nitrogens is 1. The van der Waals surface area contributed by atoms with E-state index in [-0.39, 0.29) is 5.69 Å². The summed E-state index contributed by atoms with van der Waals surface area (Å²) in [5, 5.41) is 18.6. The molecule has 0 aliphatic rings. The van der Waals surface area contributed by atoms with E-state index < -0.39 is 6.10 Å². The van der Waals surface area contributed by atoms with Crippen LogP contribution in [0.1, 0.15) is 31.6 Å². The normalized spacial score (nSPS) is 11.5. The van der Waals surface area contributed by atoms with E-state index in [9.17, 15) is 5.11 Å². The summed E-state index contributed by atoms with van der Waals surface area (Å²) >= 11 is 0. The first kappa shape index (κ1) is 15.8. The summed E-state index contributed by atoms with van der Waals surface area (Å²) in [6.07, 6.45) is 2.18. The van der Waals surface area contributed by atoms with Crippen molar-refractivity contribution in [1.82, 2.24) is 4.98 Å². The highest BCUT2D eigenvalue weighted by Crippen LogP contribution is 2.34. The second-order valence-electron chi connectivity index (χ2n) is 4.67. The molecule has 0 saturated heterocycles. The molecule has 1 atom stereocenters. The summed E-state index contributed by atoms with van der Waals surface area (Å²) in [4.78, 5) is 4.01. The van der Waals surface area contributed by atoms with E-state index in [2.05, 4.69) is 11.9 Å². The largest absolute Gasteiger partial charge is 0.490 e. The topological polar surface area (TPSA) is 75.4 Å². The van der Waals surface area contributed by atoms with E-state index in [0.29, 0.717) is 23.9 Å². The number of pyridine rings is 1. The minimum atomic E-state index is -1.33. The van der Waals surface area contributed by atoms with Crippen molar-refractivity contribution in [3.8, 4) is 23.3 Å². The molecule has 0 radical (unpaired) electrons. The Morgan fingerprint density at radius 2 is 1.91 bits per heavy atom. The summed E-state index contributed by atoms with van der Waals surface area (Å²) in [7, 11) is 0. The van der Waals surface area contributed by atoms with Gasteiger partial charge in [0.2, 0.25) is 0 Å². The van der Waals surface area contributed by atoms with Crippen molar-refractivity contribution in [1.29, 1.82) is 5.26 Å². The molecule has 0 aliphatic heterocycles. The number of hydrogen-bond acceptors (Lipinski definition) is 5. The zero-order valence-corrected chi connectivity index (χ0v) is 12.4. The molecule has 0 amide bonds. The first-order valence-corrected chi connectivity index (χ1v) is 7.18. The van der Waals surface area contributed by atoms with Crippen LogP contribution in [0.2, 0.25) is 0 Å². The van der Waals surface area contributed by atoms with E-state index in [0.717, 1.165) is 12.8 Å². The molecule has 1 heterocycles. The van der Waals surface area contributed by atoms with Gasteiger partial charge in [0.1, 0.15) is 11.8 Å². The number of unbranched alkanes of at least 4 members (excludes halogenated alkanes) is 1. The first-order chi connectivity index (χ1) is 10.8. The Labute approximate surface area is 129 Å². The highest BCUT2D eigenvalue weighted by molar-refractivity contribution is 5.44. The van der Waals surface area contributed by atoms with Gasteiger partial charge in [0.15, 0.2) is 23.4 Å². The van der Waals surface area contributed by atoms with Gasteiger partial charge in [-0.2, -0.15) is 5.26 Å². The Kier molecular flexibility index (Phi) is 5.75. The third kappa shape index (κ3) is 3.96. The predicted octanol–water partition coefficient (Wildman–Crippen LogP) is 3.61. The lowest BCUT2D eigenvalue weighted by Gasteiger charge is -2.14. The van der Waals surface area contributed by atoms with Crippen molar-refractivity contribution in [2.75, 3.05) is 6.61 Å². The third-order valence-corrected chi connectivity index (χ3v) is 3.01. The number of rotatable bonds is 7. The minimum Gasteiger partial charge on any atom is -0.490 e. The molecule has 5 nitrogen and oxygen atoms in total. The lowest BCUT2D eigenvalue weighted by atomic mass is 10.2. The summed E-state index contributed by atoms with van der Waals surface area (Å²) in [5.41, 5.74) is 0.188. The third-order valence-electron chi connectivity index (χ3n) is 3.01. The van der Waals surface area contributed by atoms with E-state index >= 15 is 0 Å². The van der Waals surface area contributed by atoms with Gasteiger partial charge in [0.05, 0.1) is 6.61 Å². The number of para-hydroxylation sites is 2. The van der Waals surface area contributed by atoms with Gasteiger partial charge in [0.25, 0.3) is 0 Å². The Morgan fingerprint density at radius 1 is 1.18 bits per heavy atom. The molecule has 2 aromatic rings. The molecule has 22 heavy (non-hydrogen) atoms. The number of nitriles is 1. The van der Waals surface area contributed by atoms with Gasteiger partial charge >= 0.3 is 0 Å². The van der Waals surface area contributed by atoms with E-state index in [1.165, 1.54) is 6.20 Å². The fourth-order valence-electron chi connectivity index (χ4n) is 1.85. The van der Waals surface area contributed by atoms with E-state index in [1.54, 1.807) is 24.3 Å². The van der Waals surface area contributed by atoms with Crippen LogP contribution in [-0.4, -0.2) is 16.7 Å². The van der Waals surface area contributed by atoms with E-state index in [4.69, 9.17) is 14.7 Å². The van der Waals surface area contributed by atoms with Crippen molar-refractivity contribution < 1.29 is 14.6 Å². The second-order valence-corrected chi connectivity index (χ2v) is 4.67. The Morgan fingerprint density at radius 3 is 2.64 bits per heavy atom. The molecule has 1 N–H and O–H groups in total. The second kappa shape index (κ2) is 8.01. The Bertz CT molecular complexity index is 652. The molecule has 114 valence electrons. The van der Waals surface area contributed by atoms with Gasteiger partial charge in [-0.1, -0.05) is 25.5 Å². The molecule has 1 aromatic carbocycles. The molecule has 0 aliphatic carbocycles. The zero-order chi connectivity index (χ0) is 15.8. The molecule has 0 fully saturated rings. The number of nitrogens with zero attached hydrogens (tertiary/aromatic N) is 2. The van der Waals surface area contributed by atoms with Crippen LogP contribution in [-0.2, 0) is 0 Å². The fraction of sp³-hybridized carbons (Fsp3) is 0.294. The monoisotopic (exact) mass is 298 g/mol. The number of hydrogen-bond donors (Lipinski definition) is 1. The summed E-state index contributed by atoms with van der Waals surface area (Å²) < 4.78 is 11.5. The molecule has 1 unspecified atom stereocenters. The average molecular weight is 298 g/mol. The Hall–Kier alpha value is -2.58. The maximum Gasteiger partial charge on any atom is 0.186 e. The first-order valence-electron chi connectivity index (χ1n) is 7.18. The fourth-order valence-corrected chi connectivity index (χ4v) is 1.85. The van der Waals surface area contributed by atoms with Gasteiger partial charge in [0, 0.05) is 6.20 Å². The van der Waals surface area contributed by atoms with Crippen LogP contribution in [0.15, 0.2) is 42.6 Å². The SMILES string of the molecule is CCCCOc1ccccc1Oc1cccnc1C(O)C#N. The lowest BCUT2D eigenvalue weighted by molar-refractivity contribution is 0.225. The molecular weight excluding hydrogens is 280 g/mol. The van der Waals surface area contributed by atoms with Crippen LogP contribution in [0, 0.1) is 11.3 Å². The molecule has 1 aromatic heterocycles. The van der Waals surface area contributed by atoms with Gasteiger partial charge in [-0.25, -0.2) is 0 Å². The quantitative estimate of drug-likeness (QED) is 0.624. The van der Waals surface area contributed by atoms with Crippen LogP contribution < -0.4 is 9.47 Å². The van der Waals surface area contributed by atoms with Crippen LogP contribution >= 0.6 is 0 Å². The van der Waals surface area contributed by atoms with Crippen LogP contribution in [0.25, 0.3) is 0 Å². The summed E-state index contributed by atoms with van der Waals surface area (Å²) in [5.74, 6) is 1.48. The molecule has 0 spiro atoms. The smallest absolute Gasteiger partial charge is 0.186 e. The van der Waals surface area contributed by atoms with Gasteiger partial charge in [-0.3, -0.25) is 4.98 Å². The van der Waals surface area contributed by atoms with Crippen LogP contribution in [0.4, 0.5) is 0 Å². The van der Waals surface area contributed by atoms with Crippen molar-refractivity contribution >= 4 is 0 Å². The zero-order valence-electron chi connectivity index (χ0n) is 12.4. The summed E-state index contributed by atoms with van der Waals surface area (Å²) in [6.45, 7) is 2.70. The molecule has 0 saturated carbocycles. The molecule has 5 heteroatoms. The number of aliphatic hydroxyl groups excluding tert-OH is 1. The van der Waals surface area contributed by atoms with Crippen molar-refractivity contribution in [3.63, 3.8) is 0 Å². The maximum absolute atomic E-state index is 9.70. The van der Waals surface area contributed by atoms with Crippen LogP contribution in [0.5, 0.6) is 17.2 Å².